The molecule has 0 aromatic carbocycles. The van der Waals surface area contributed by atoms with Crippen molar-refractivity contribution in [3.05, 3.63) is 0 Å². The third kappa shape index (κ3) is 4.09. The minimum atomic E-state index is 0.300. The van der Waals surface area contributed by atoms with Crippen LogP contribution in [0.2, 0.25) is 0 Å². The van der Waals surface area contributed by atoms with Crippen LogP contribution in [0, 0.1) is 5.92 Å². The number of methoxy groups -OCH3 is 1. The van der Waals surface area contributed by atoms with E-state index in [9.17, 15) is 0 Å². The van der Waals surface area contributed by atoms with Crippen LogP contribution in [0.3, 0.4) is 0 Å². The summed E-state index contributed by atoms with van der Waals surface area (Å²) in [5.41, 5.74) is 0. The van der Waals surface area contributed by atoms with Crippen molar-refractivity contribution in [3.63, 3.8) is 0 Å². The Morgan fingerprint density at radius 3 is 2.73 bits per heavy atom. The largest absolute Gasteiger partial charge is 0.380 e. The SMILES string of the molecule is CCN1CCC(CNC(C)C(C)OC)C1. The predicted octanol–water partition coefficient (Wildman–Crippen LogP) is 1.34. The summed E-state index contributed by atoms with van der Waals surface area (Å²) in [5.74, 6) is 0.830. The van der Waals surface area contributed by atoms with Crippen LogP contribution in [0.15, 0.2) is 0 Å². The Labute approximate surface area is 94.2 Å². The maximum Gasteiger partial charge on any atom is 0.0693 e. The zero-order valence-corrected chi connectivity index (χ0v) is 10.6. The molecule has 0 radical (unpaired) electrons. The van der Waals surface area contributed by atoms with Gasteiger partial charge in [0, 0.05) is 19.7 Å². The fourth-order valence-corrected chi connectivity index (χ4v) is 2.09. The lowest BCUT2D eigenvalue weighted by Crippen LogP contribution is -2.39. The first-order valence-electron chi connectivity index (χ1n) is 6.15. The highest BCUT2D eigenvalue weighted by Gasteiger charge is 2.21. The van der Waals surface area contributed by atoms with E-state index >= 15 is 0 Å². The second-order valence-electron chi connectivity index (χ2n) is 4.69. The maximum atomic E-state index is 5.30. The molecule has 1 aliphatic heterocycles. The summed E-state index contributed by atoms with van der Waals surface area (Å²) in [4.78, 5) is 2.52. The molecule has 0 bridgehead atoms. The lowest BCUT2D eigenvalue weighted by atomic mass is 10.1. The van der Waals surface area contributed by atoms with Crippen molar-refractivity contribution in [2.75, 3.05) is 33.3 Å². The summed E-state index contributed by atoms with van der Waals surface area (Å²) < 4.78 is 5.30. The van der Waals surface area contributed by atoms with Gasteiger partial charge in [-0.25, -0.2) is 0 Å². The van der Waals surface area contributed by atoms with Crippen LogP contribution >= 0.6 is 0 Å². The highest BCUT2D eigenvalue weighted by Crippen LogP contribution is 2.14. The van der Waals surface area contributed by atoms with E-state index in [-0.39, 0.29) is 0 Å². The van der Waals surface area contributed by atoms with Gasteiger partial charge >= 0.3 is 0 Å². The number of hydrogen-bond donors (Lipinski definition) is 1. The molecule has 1 N–H and O–H groups in total. The van der Waals surface area contributed by atoms with Gasteiger partial charge in [0.05, 0.1) is 6.10 Å². The van der Waals surface area contributed by atoms with Crippen LogP contribution in [0.25, 0.3) is 0 Å². The zero-order chi connectivity index (χ0) is 11.3. The maximum absolute atomic E-state index is 5.30. The van der Waals surface area contributed by atoms with Gasteiger partial charge < -0.3 is 15.0 Å². The molecule has 1 heterocycles. The highest BCUT2D eigenvalue weighted by atomic mass is 16.5. The van der Waals surface area contributed by atoms with E-state index in [1.165, 1.54) is 26.1 Å². The molecule has 0 amide bonds. The van der Waals surface area contributed by atoms with Crippen molar-refractivity contribution in [3.8, 4) is 0 Å². The van der Waals surface area contributed by atoms with Crippen LogP contribution in [-0.4, -0.2) is 50.3 Å². The van der Waals surface area contributed by atoms with E-state index in [0.717, 1.165) is 12.5 Å². The number of rotatable bonds is 6. The van der Waals surface area contributed by atoms with Gasteiger partial charge in [-0.15, -0.1) is 0 Å². The fourth-order valence-electron chi connectivity index (χ4n) is 2.09. The summed E-state index contributed by atoms with van der Waals surface area (Å²) in [6.07, 6.45) is 1.64. The third-order valence-corrected chi connectivity index (χ3v) is 3.62. The van der Waals surface area contributed by atoms with Gasteiger partial charge in [0.2, 0.25) is 0 Å². The average molecular weight is 214 g/mol. The first-order chi connectivity index (χ1) is 7.17. The quantitative estimate of drug-likeness (QED) is 0.722. The van der Waals surface area contributed by atoms with Crippen molar-refractivity contribution in [1.82, 2.24) is 10.2 Å². The van der Waals surface area contributed by atoms with Crippen molar-refractivity contribution in [2.45, 2.75) is 39.3 Å². The Balaban J connectivity index is 2.15. The molecule has 0 saturated carbocycles. The molecular weight excluding hydrogens is 188 g/mol. The molecule has 0 aromatic heterocycles. The lowest BCUT2D eigenvalue weighted by molar-refractivity contribution is 0.0873. The van der Waals surface area contributed by atoms with Crippen molar-refractivity contribution in [2.24, 2.45) is 5.92 Å². The van der Waals surface area contributed by atoms with Crippen LogP contribution in [0.4, 0.5) is 0 Å². The molecule has 0 aromatic rings. The molecule has 15 heavy (non-hydrogen) atoms. The molecule has 3 nitrogen and oxygen atoms in total. The van der Waals surface area contributed by atoms with E-state index in [1.807, 2.05) is 0 Å². The number of nitrogens with one attached hydrogen (secondary N) is 1. The van der Waals surface area contributed by atoms with Gasteiger partial charge in [0.15, 0.2) is 0 Å². The Morgan fingerprint density at radius 2 is 2.20 bits per heavy atom. The molecule has 0 spiro atoms. The van der Waals surface area contributed by atoms with E-state index in [0.29, 0.717) is 12.1 Å². The topological polar surface area (TPSA) is 24.5 Å². The summed E-state index contributed by atoms with van der Waals surface area (Å²) in [6, 6.07) is 0.450. The van der Waals surface area contributed by atoms with Gasteiger partial charge in [-0.3, -0.25) is 0 Å². The molecule has 1 fully saturated rings. The van der Waals surface area contributed by atoms with Crippen LogP contribution in [-0.2, 0) is 4.74 Å². The smallest absolute Gasteiger partial charge is 0.0693 e. The number of likely N-dealkylation sites (tertiary alicyclic amines) is 1. The molecule has 1 rings (SSSR count). The van der Waals surface area contributed by atoms with Gasteiger partial charge in [0.1, 0.15) is 0 Å². The summed E-state index contributed by atoms with van der Waals surface area (Å²) in [5, 5.41) is 3.57. The Kier molecular flexibility index (Phi) is 5.58. The molecule has 1 saturated heterocycles. The predicted molar refractivity (Wildman–Crippen MR) is 64.2 cm³/mol. The molecular formula is C12H26N2O. The Bertz CT molecular complexity index is 175. The van der Waals surface area contributed by atoms with E-state index in [2.05, 4.69) is 31.0 Å². The molecule has 3 atom stereocenters. The third-order valence-electron chi connectivity index (χ3n) is 3.62. The Morgan fingerprint density at radius 1 is 1.47 bits per heavy atom. The van der Waals surface area contributed by atoms with Crippen LogP contribution in [0.1, 0.15) is 27.2 Å². The minimum absolute atomic E-state index is 0.300. The summed E-state index contributed by atoms with van der Waals surface area (Å²) in [6.45, 7) is 11.4. The molecule has 1 aliphatic rings. The normalized spacial score (nSPS) is 26.8. The van der Waals surface area contributed by atoms with Gasteiger partial charge in [0.25, 0.3) is 0 Å². The highest BCUT2D eigenvalue weighted by molar-refractivity contribution is 4.78. The molecule has 0 aliphatic carbocycles. The van der Waals surface area contributed by atoms with Gasteiger partial charge in [-0.2, -0.15) is 0 Å². The average Bonchev–Trinajstić information content (AvgIpc) is 2.72. The second-order valence-corrected chi connectivity index (χ2v) is 4.69. The number of hydrogen-bond acceptors (Lipinski definition) is 3. The van der Waals surface area contributed by atoms with Crippen LogP contribution in [0.5, 0.6) is 0 Å². The minimum Gasteiger partial charge on any atom is -0.380 e. The van der Waals surface area contributed by atoms with Crippen molar-refractivity contribution in [1.29, 1.82) is 0 Å². The van der Waals surface area contributed by atoms with E-state index in [4.69, 9.17) is 4.74 Å². The monoisotopic (exact) mass is 214 g/mol. The lowest BCUT2D eigenvalue weighted by Gasteiger charge is -2.22. The standard InChI is InChI=1S/C12H26N2O/c1-5-14-7-6-12(9-14)8-13-10(2)11(3)15-4/h10-13H,5-9H2,1-4H3. The second kappa shape index (κ2) is 6.46. The molecule has 90 valence electrons. The van der Waals surface area contributed by atoms with Crippen molar-refractivity contribution >= 4 is 0 Å². The summed E-state index contributed by atoms with van der Waals surface area (Å²) >= 11 is 0. The number of nitrogens with zero attached hydrogens (tertiary/aromatic N) is 1. The Hall–Kier alpha value is -0.120. The van der Waals surface area contributed by atoms with E-state index < -0.39 is 0 Å². The van der Waals surface area contributed by atoms with Gasteiger partial charge in [-0.05, 0) is 45.8 Å². The fraction of sp³-hybridized carbons (Fsp3) is 1.00. The first kappa shape index (κ1) is 12.9. The van der Waals surface area contributed by atoms with E-state index in [1.54, 1.807) is 7.11 Å². The van der Waals surface area contributed by atoms with Gasteiger partial charge in [-0.1, -0.05) is 6.92 Å². The molecule has 3 unspecified atom stereocenters. The van der Waals surface area contributed by atoms with Crippen LogP contribution < -0.4 is 5.32 Å². The molecule has 3 heteroatoms. The zero-order valence-electron chi connectivity index (χ0n) is 10.6. The first-order valence-corrected chi connectivity index (χ1v) is 6.15. The summed E-state index contributed by atoms with van der Waals surface area (Å²) in [7, 11) is 1.78. The number of ether oxygens (including phenoxy) is 1. The van der Waals surface area contributed by atoms with Crippen molar-refractivity contribution < 1.29 is 4.74 Å².